The van der Waals surface area contributed by atoms with E-state index in [0.29, 0.717) is 0 Å². The van der Waals surface area contributed by atoms with Crippen molar-refractivity contribution in [1.82, 2.24) is 4.98 Å². The van der Waals surface area contributed by atoms with Crippen LogP contribution in [0.4, 0.5) is 4.39 Å². The van der Waals surface area contributed by atoms with Gasteiger partial charge in [0.2, 0.25) is 0 Å². The number of hydrogen-bond donors (Lipinski definition) is 0. The fourth-order valence-electron chi connectivity index (χ4n) is 2.72. The molecule has 0 saturated carbocycles. The molecule has 5 heteroatoms. The van der Waals surface area contributed by atoms with Gasteiger partial charge in [-0.25, -0.2) is 4.39 Å². The summed E-state index contributed by atoms with van der Waals surface area (Å²) in [7, 11) is -0.541. The Morgan fingerprint density at radius 2 is 1.65 bits per heavy atom. The van der Waals surface area contributed by atoms with Crippen LogP contribution in [0.3, 0.4) is 0 Å². The maximum absolute atomic E-state index is 13.4. The Morgan fingerprint density at radius 1 is 1.00 bits per heavy atom. The zero-order chi connectivity index (χ0) is 16.8. The Morgan fingerprint density at radius 3 is 2.26 bits per heavy atom. The molecule has 2 aromatic rings. The molecule has 0 spiro atoms. The summed E-state index contributed by atoms with van der Waals surface area (Å²) in [5.74, 6) is -0.243. The maximum Gasteiger partial charge on any atom is 0.515 e. The Kier molecular flexibility index (Phi) is 3.81. The van der Waals surface area contributed by atoms with Crippen molar-refractivity contribution in [1.29, 1.82) is 0 Å². The van der Waals surface area contributed by atoms with E-state index in [9.17, 15) is 4.39 Å². The normalized spacial score (nSPS) is 19.1. The third-order valence-corrected chi connectivity index (χ3v) is 4.79. The molecular weight excluding hydrogens is 292 g/mol. The van der Waals surface area contributed by atoms with Crippen molar-refractivity contribution in [2.45, 2.75) is 45.8 Å². The van der Waals surface area contributed by atoms with Crippen LogP contribution < -0.4 is 5.59 Å². The van der Waals surface area contributed by atoms with E-state index in [0.717, 1.165) is 22.3 Å². The van der Waals surface area contributed by atoms with Crippen molar-refractivity contribution in [3.63, 3.8) is 0 Å². The number of nitrogens with zero attached hydrogens (tertiary/aromatic N) is 1. The largest absolute Gasteiger partial charge is 0.515 e. The summed E-state index contributed by atoms with van der Waals surface area (Å²) < 4.78 is 25.6. The molecule has 1 saturated heterocycles. The van der Waals surface area contributed by atoms with E-state index in [1.165, 1.54) is 12.1 Å². The maximum atomic E-state index is 13.4. The predicted octanol–water partition coefficient (Wildman–Crippen LogP) is 3.50. The van der Waals surface area contributed by atoms with Crippen molar-refractivity contribution in [3.8, 4) is 11.1 Å². The van der Waals surface area contributed by atoms with Crippen LogP contribution in [0.25, 0.3) is 11.1 Å². The van der Waals surface area contributed by atoms with Crippen LogP contribution >= 0.6 is 0 Å². The van der Waals surface area contributed by atoms with Crippen LogP contribution in [0.15, 0.2) is 36.5 Å². The van der Waals surface area contributed by atoms with E-state index in [1.807, 2.05) is 46.8 Å². The van der Waals surface area contributed by atoms with Crippen LogP contribution in [0.1, 0.15) is 33.3 Å². The SMILES string of the molecule is Cc1cc(F)ccc1-c1cccnc1B1OC(C)(C)C(C)(C)O1. The summed E-state index contributed by atoms with van der Waals surface area (Å²) >= 11 is 0. The molecule has 1 aromatic heterocycles. The molecular formula is C18H21BFNO2. The molecule has 3 rings (SSSR count). The fraction of sp³-hybridized carbons (Fsp3) is 0.389. The number of aromatic nitrogens is 1. The number of halogens is 1. The van der Waals surface area contributed by atoms with Gasteiger partial charge in [-0.3, -0.25) is 4.98 Å². The molecule has 1 aliphatic rings. The van der Waals surface area contributed by atoms with Crippen LogP contribution in [0, 0.1) is 12.7 Å². The van der Waals surface area contributed by atoms with Crippen LogP contribution in [0.5, 0.6) is 0 Å². The van der Waals surface area contributed by atoms with Crippen LogP contribution in [-0.4, -0.2) is 23.3 Å². The second-order valence-corrected chi connectivity index (χ2v) is 6.98. The molecule has 120 valence electrons. The molecule has 0 N–H and O–H groups in total. The molecule has 23 heavy (non-hydrogen) atoms. The van der Waals surface area contributed by atoms with Crippen molar-refractivity contribution >= 4 is 12.7 Å². The topological polar surface area (TPSA) is 31.4 Å². The highest BCUT2D eigenvalue weighted by molar-refractivity contribution is 6.62. The molecule has 3 nitrogen and oxygen atoms in total. The van der Waals surface area contributed by atoms with E-state index in [2.05, 4.69) is 4.98 Å². The van der Waals surface area contributed by atoms with Crippen molar-refractivity contribution in [2.75, 3.05) is 0 Å². The number of benzene rings is 1. The number of hydrogen-bond acceptors (Lipinski definition) is 3. The number of aryl methyl sites for hydroxylation is 1. The molecule has 0 unspecified atom stereocenters. The van der Waals surface area contributed by atoms with E-state index in [1.54, 1.807) is 12.3 Å². The van der Waals surface area contributed by atoms with Gasteiger partial charge >= 0.3 is 7.12 Å². The highest BCUT2D eigenvalue weighted by Gasteiger charge is 2.52. The molecule has 0 amide bonds. The van der Waals surface area contributed by atoms with Gasteiger partial charge < -0.3 is 9.31 Å². The molecule has 1 aliphatic heterocycles. The first-order valence-electron chi connectivity index (χ1n) is 7.78. The minimum atomic E-state index is -0.541. The van der Waals surface area contributed by atoms with Gasteiger partial charge in [0.05, 0.1) is 16.8 Å². The van der Waals surface area contributed by atoms with Crippen molar-refractivity contribution < 1.29 is 13.7 Å². The Hall–Kier alpha value is -1.72. The van der Waals surface area contributed by atoms with Crippen molar-refractivity contribution in [2.24, 2.45) is 0 Å². The van der Waals surface area contributed by atoms with Crippen molar-refractivity contribution in [3.05, 3.63) is 47.9 Å². The Labute approximate surface area is 137 Å². The highest BCUT2D eigenvalue weighted by Crippen LogP contribution is 2.37. The summed E-state index contributed by atoms with van der Waals surface area (Å²) in [6.45, 7) is 9.94. The third-order valence-electron chi connectivity index (χ3n) is 4.79. The minimum Gasteiger partial charge on any atom is -0.398 e. The first-order chi connectivity index (χ1) is 10.7. The summed E-state index contributed by atoms with van der Waals surface area (Å²) in [5.41, 5.74) is 2.57. The second kappa shape index (κ2) is 5.43. The zero-order valence-electron chi connectivity index (χ0n) is 14.2. The summed E-state index contributed by atoms with van der Waals surface area (Å²) in [4.78, 5) is 4.49. The smallest absolute Gasteiger partial charge is 0.398 e. The second-order valence-electron chi connectivity index (χ2n) is 6.98. The van der Waals surface area contributed by atoms with Gasteiger partial charge in [-0.05, 0) is 63.9 Å². The zero-order valence-corrected chi connectivity index (χ0v) is 14.2. The van der Waals surface area contributed by atoms with E-state index in [-0.39, 0.29) is 5.82 Å². The lowest BCUT2D eigenvalue weighted by Gasteiger charge is -2.32. The first-order valence-corrected chi connectivity index (χ1v) is 7.78. The predicted molar refractivity (Wildman–Crippen MR) is 90.1 cm³/mol. The lowest BCUT2D eigenvalue weighted by atomic mass is 9.78. The van der Waals surface area contributed by atoms with Gasteiger partial charge in [0, 0.05) is 11.8 Å². The summed E-state index contributed by atoms with van der Waals surface area (Å²) in [5, 5.41) is 0. The first kappa shape index (κ1) is 16.2. The molecule has 0 radical (unpaired) electrons. The van der Waals surface area contributed by atoms with Gasteiger partial charge in [-0.2, -0.15) is 0 Å². The lowest BCUT2D eigenvalue weighted by Crippen LogP contribution is -2.41. The average molecular weight is 313 g/mol. The quantitative estimate of drug-likeness (QED) is 0.795. The van der Waals surface area contributed by atoms with Gasteiger partial charge in [0.15, 0.2) is 0 Å². The van der Waals surface area contributed by atoms with Crippen LogP contribution in [-0.2, 0) is 9.31 Å². The molecule has 0 aliphatic carbocycles. The highest BCUT2D eigenvalue weighted by atomic mass is 19.1. The molecule has 0 bridgehead atoms. The lowest BCUT2D eigenvalue weighted by molar-refractivity contribution is 0.00578. The molecule has 1 aromatic carbocycles. The fourth-order valence-corrected chi connectivity index (χ4v) is 2.72. The van der Waals surface area contributed by atoms with Crippen LogP contribution in [0.2, 0.25) is 0 Å². The summed E-state index contributed by atoms with van der Waals surface area (Å²) in [6, 6.07) is 8.59. The Balaban J connectivity index is 2.06. The Bertz CT molecular complexity index is 730. The number of pyridine rings is 1. The molecule has 1 fully saturated rings. The van der Waals surface area contributed by atoms with Gasteiger partial charge in [0.1, 0.15) is 5.82 Å². The number of rotatable bonds is 2. The van der Waals surface area contributed by atoms with Gasteiger partial charge in [-0.1, -0.05) is 12.1 Å². The van der Waals surface area contributed by atoms with Gasteiger partial charge in [0.25, 0.3) is 0 Å². The molecule has 0 atom stereocenters. The van der Waals surface area contributed by atoms with E-state index in [4.69, 9.17) is 9.31 Å². The van der Waals surface area contributed by atoms with E-state index < -0.39 is 18.3 Å². The average Bonchev–Trinajstić information content (AvgIpc) is 2.67. The standard InChI is InChI=1S/C18H21BFNO2/c1-12-11-13(20)8-9-14(12)15-7-6-10-21-16(15)19-22-17(2,3)18(4,5)23-19/h6-11H,1-5H3. The van der Waals surface area contributed by atoms with Gasteiger partial charge in [-0.15, -0.1) is 0 Å². The van der Waals surface area contributed by atoms with E-state index >= 15 is 0 Å². The molecule has 2 heterocycles. The minimum absolute atomic E-state index is 0.243. The third kappa shape index (κ3) is 2.79. The monoisotopic (exact) mass is 313 g/mol. The summed E-state index contributed by atoms with van der Waals surface area (Å²) in [6.07, 6.45) is 1.72.